The van der Waals surface area contributed by atoms with Gasteiger partial charge in [0.1, 0.15) is 23.9 Å². The molecule has 3 rings (SSSR count). The molecule has 0 bridgehead atoms. The number of ketones is 1. The molecule has 3 N–H and O–H groups in total. The van der Waals surface area contributed by atoms with Gasteiger partial charge in [-0.15, -0.1) is 0 Å². The van der Waals surface area contributed by atoms with E-state index in [2.05, 4.69) is 10.3 Å². The Morgan fingerprint density at radius 1 is 1.32 bits per heavy atom. The van der Waals surface area contributed by atoms with Crippen LogP contribution in [0.4, 0.5) is 10.9 Å². The van der Waals surface area contributed by atoms with Gasteiger partial charge in [-0.1, -0.05) is 11.3 Å². The Morgan fingerprint density at radius 2 is 2.05 bits per heavy atom. The Labute approximate surface area is 132 Å². The number of carbonyl (C=O) groups excluding carboxylic acids is 1. The van der Waals surface area contributed by atoms with Gasteiger partial charge < -0.3 is 20.5 Å². The van der Waals surface area contributed by atoms with Crippen LogP contribution in [0.5, 0.6) is 11.5 Å². The van der Waals surface area contributed by atoms with Gasteiger partial charge in [0.15, 0.2) is 16.6 Å². The Kier molecular flexibility index (Phi) is 3.89. The van der Waals surface area contributed by atoms with Gasteiger partial charge in [0.05, 0.1) is 0 Å². The van der Waals surface area contributed by atoms with Crippen LogP contribution in [0, 0.1) is 0 Å². The summed E-state index contributed by atoms with van der Waals surface area (Å²) in [6.07, 6.45) is 0. The molecule has 0 atom stereocenters. The molecular weight excluding hydrogens is 302 g/mol. The van der Waals surface area contributed by atoms with Crippen LogP contribution in [-0.2, 0) is 0 Å². The van der Waals surface area contributed by atoms with Gasteiger partial charge in [-0.3, -0.25) is 4.79 Å². The third-order valence-corrected chi connectivity index (χ3v) is 4.08. The number of benzene rings is 1. The van der Waals surface area contributed by atoms with E-state index in [1.165, 1.54) is 11.3 Å². The minimum atomic E-state index is -0.163. The number of nitrogen functional groups attached to an aromatic ring is 1. The van der Waals surface area contributed by atoms with E-state index in [0.717, 1.165) is 0 Å². The zero-order valence-corrected chi connectivity index (χ0v) is 13.2. The van der Waals surface area contributed by atoms with Crippen molar-refractivity contribution in [2.75, 3.05) is 24.3 Å². The molecule has 7 heteroatoms. The van der Waals surface area contributed by atoms with Crippen LogP contribution >= 0.6 is 11.3 Å². The smallest absolute Gasteiger partial charge is 0.206 e. The van der Waals surface area contributed by atoms with Crippen LogP contribution in [0.1, 0.15) is 29.1 Å². The van der Waals surface area contributed by atoms with E-state index in [4.69, 9.17) is 15.2 Å². The van der Waals surface area contributed by atoms with E-state index in [0.29, 0.717) is 40.3 Å². The van der Waals surface area contributed by atoms with Gasteiger partial charge in [0, 0.05) is 11.6 Å². The van der Waals surface area contributed by atoms with Gasteiger partial charge >= 0.3 is 0 Å². The first-order valence-electron chi connectivity index (χ1n) is 7.02. The number of ether oxygens (including phenoxy) is 2. The van der Waals surface area contributed by atoms with Crippen LogP contribution in [0.2, 0.25) is 0 Å². The number of carbonyl (C=O) groups is 1. The summed E-state index contributed by atoms with van der Waals surface area (Å²) < 4.78 is 11.0. The van der Waals surface area contributed by atoms with E-state index >= 15 is 0 Å². The summed E-state index contributed by atoms with van der Waals surface area (Å²) in [7, 11) is 0. The normalized spacial score (nSPS) is 13.2. The number of nitrogens with zero attached hydrogens (tertiary/aromatic N) is 1. The first kappa shape index (κ1) is 14.6. The second-order valence-corrected chi connectivity index (χ2v) is 6.22. The Balaban J connectivity index is 1.89. The topological polar surface area (TPSA) is 86.5 Å². The lowest BCUT2D eigenvalue weighted by atomic mass is 10.1. The first-order valence-corrected chi connectivity index (χ1v) is 7.83. The fourth-order valence-electron chi connectivity index (χ4n) is 2.12. The number of nitrogens with one attached hydrogen (secondary N) is 1. The minimum Gasteiger partial charge on any atom is -0.486 e. The van der Waals surface area contributed by atoms with Crippen molar-refractivity contribution in [1.29, 1.82) is 0 Å². The van der Waals surface area contributed by atoms with Crippen LogP contribution in [0.3, 0.4) is 0 Å². The molecule has 1 aromatic heterocycles. The number of nitrogens with two attached hydrogens (primary N) is 1. The second kappa shape index (κ2) is 5.84. The number of anilines is 2. The second-order valence-electron chi connectivity index (χ2n) is 5.22. The Hall–Kier alpha value is -2.28. The fraction of sp³-hybridized carbons (Fsp3) is 0.333. The molecule has 0 saturated carbocycles. The van der Waals surface area contributed by atoms with E-state index in [1.807, 2.05) is 13.8 Å². The molecule has 2 heterocycles. The molecule has 1 aromatic carbocycles. The van der Waals surface area contributed by atoms with Crippen molar-refractivity contribution in [3.63, 3.8) is 0 Å². The van der Waals surface area contributed by atoms with Gasteiger partial charge in [-0.2, -0.15) is 0 Å². The van der Waals surface area contributed by atoms with Crippen molar-refractivity contribution in [1.82, 2.24) is 4.98 Å². The number of rotatable bonds is 4. The predicted octanol–water partition coefficient (Wildman–Crippen LogP) is 2.55. The standard InChI is InChI=1S/C15H17N3O3S/c1-8(2)17-15-18-14(16)13(22-15)12(19)9-3-4-10-11(7-9)21-6-5-20-10/h3-4,7-8H,5-6,16H2,1-2H3,(H,17,18). The number of aromatic nitrogens is 1. The summed E-state index contributed by atoms with van der Waals surface area (Å²) in [5.41, 5.74) is 6.39. The van der Waals surface area contributed by atoms with Gasteiger partial charge in [0.25, 0.3) is 0 Å². The fourth-order valence-corrected chi connectivity index (χ4v) is 3.11. The maximum Gasteiger partial charge on any atom is 0.206 e. The minimum absolute atomic E-state index is 0.163. The lowest BCUT2D eigenvalue weighted by Crippen LogP contribution is -2.15. The SMILES string of the molecule is CC(C)Nc1nc(N)c(C(=O)c2ccc3c(c2)OCCO3)s1. The highest BCUT2D eigenvalue weighted by molar-refractivity contribution is 7.18. The third-order valence-electron chi connectivity index (χ3n) is 3.08. The zero-order chi connectivity index (χ0) is 15.7. The molecule has 0 saturated heterocycles. The summed E-state index contributed by atoms with van der Waals surface area (Å²) >= 11 is 1.26. The number of fused-ring (bicyclic) bond motifs is 1. The summed E-state index contributed by atoms with van der Waals surface area (Å²) in [5.74, 6) is 1.32. The number of hydrogen-bond donors (Lipinski definition) is 2. The van der Waals surface area contributed by atoms with Crippen molar-refractivity contribution < 1.29 is 14.3 Å². The van der Waals surface area contributed by atoms with Crippen molar-refractivity contribution in [2.45, 2.75) is 19.9 Å². The van der Waals surface area contributed by atoms with Crippen molar-refractivity contribution in [3.05, 3.63) is 28.6 Å². The highest BCUT2D eigenvalue weighted by Gasteiger charge is 2.21. The average molecular weight is 319 g/mol. The maximum atomic E-state index is 12.6. The Morgan fingerprint density at radius 3 is 2.77 bits per heavy atom. The Bertz CT molecular complexity index is 712. The molecule has 1 aliphatic heterocycles. The molecule has 0 unspecified atom stereocenters. The quantitative estimate of drug-likeness (QED) is 0.842. The van der Waals surface area contributed by atoms with Crippen LogP contribution in [-0.4, -0.2) is 30.0 Å². The van der Waals surface area contributed by atoms with E-state index in [9.17, 15) is 4.79 Å². The summed E-state index contributed by atoms with van der Waals surface area (Å²) in [5, 5.41) is 3.80. The molecule has 0 spiro atoms. The van der Waals surface area contributed by atoms with Crippen LogP contribution < -0.4 is 20.5 Å². The first-order chi connectivity index (χ1) is 10.5. The van der Waals surface area contributed by atoms with Gasteiger partial charge in [-0.25, -0.2) is 4.98 Å². The van der Waals surface area contributed by atoms with Gasteiger partial charge in [0.2, 0.25) is 5.78 Å². The van der Waals surface area contributed by atoms with Crippen molar-refractivity contribution in [3.8, 4) is 11.5 Å². The molecule has 22 heavy (non-hydrogen) atoms. The van der Waals surface area contributed by atoms with E-state index < -0.39 is 0 Å². The maximum absolute atomic E-state index is 12.6. The molecule has 6 nitrogen and oxygen atoms in total. The van der Waals surface area contributed by atoms with Gasteiger partial charge in [-0.05, 0) is 32.0 Å². The lowest BCUT2D eigenvalue weighted by Gasteiger charge is -2.18. The molecule has 1 aliphatic rings. The van der Waals surface area contributed by atoms with Crippen molar-refractivity contribution >= 4 is 28.1 Å². The molecular formula is C15H17N3O3S. The highest BCUT2D eigenvalue weighted by Crippen LogP contribution is 2.33. The molecule has 0 aliphatic carbocycles. The van der Waals surface area contributed by atoms with Crippen molar-refractivity contribution in [2.24, 2.45) is 0 Å². The molecule has 0 radical (unpaired) electrons. The average Bonchev–Trinajstić information content (AvgIpc) is 2.85. The largest absolute Gasteiger partial charge is 0.486 e. The number of hydrogen-bond acceptors (Lipinski definition) is 7. The molecule has 116 valence electrons. The molecule has 2 aromatic rings. The number of thiazole rings is 1. The summed E-state index contributed by atoms with van der Waals surface area (Å²) in [6.45, 7) is 5.00. The van der Waals surface area contributed by atoms with E-state index in [-0.39, 0.29) is 17.6 Å². The molecule has 0 fully saturated rings. The zero-order valence-electron chi connectivity index (χ0n) is 12.4. The monoisotopic (exact) mass is 319 g/mol. The lowest BCUT2D eigenvalue weighted by molar-refractivity contribution is 0.104. The van der Waals surface area contributed by atoms with Crippen LogP contribution in [0.25, 0.3) is 0 Å². The van der Waals surface area contributed by atoms with E-state index in [1.54, 1.807) is 18.2 Å². The molecule has 0 amide bonds. The highest BCUT2D eigenvalue weighted by atomic mass is 32.1. The predicted molar refractivity (Wildman–Crippen MR) is 86.1 cm³/mol. The third kappa shape index (κ3) is 2.85. The summed E-state index contributed by atoms with van der Waals surface area (Å²) in [4.78, 5) is 17.2. The summed E-state index contributed by atoms with van der Waals surface area (Å²) in [6, 6.07) is 5.37. The van der Waals surface area contributed by atoms with Crippen LogP contribution in [0.15, 0.2) is 18.2 Å².